The predicted octanol–water partition coefficient (Wildman–Crippen LogP) is 3.60. The average Bonchev–Trinajstić information content (AvgIpc) is 2.68. The maximum absolute atomic E-state index is 6.34. The quantitative estimate of drug-likeness (QED) is 0.910. The first kappa shape index (κ1) is 14.1. The van der Waals surface area contributed by atoms with E-state index in [1.807, 2.05) is 12.1 Å². The Labute approximate surface area is 119 Å². The third-order valence-corrected chi connectivity index (χ3v) is 4.27. The van der Waals surface area contributed by atoms with Gasteiger partial charge in [-0.25, -0.2) is 0 Å². The lowest BCUT2D eigenvalue weighted by Crippen LogP contribution is -2.28. The van der Waals surface area contributed by atoms with Crippen LogP contribution in [0, 0.1) is 5.92 Å². The number of hydrogen-bond donors (Lipinski definition) is 1. The summed E-state index contributed by atoms with van der Waals surface area (Å²) in [4.78, 5) is 2.39. The topological polar surface area (TPSA) is 15.3 Å². The van der Waals surface area contributed by atoms with E-state index in [0.29, 0.717) is 17.0 Å². The van der Waals surface area contributed by atoms with Crippen LogP contribution in [0.3, 0.4) is 0 Å². The van der Waals surface area contributed by atoms with Gasteiger partial charge in [0.1, 0.15) is 0 Å². The van der Waals surface area contributed by atoms with Crippen LogP contribution in [0.4, 0.5) is 0 Å². The molecule has 0 spiro atoms. The van der Waals surface area contributed by atoms with E-state index in [2.05, 4.69) is 30.3 Å². The van der Waals surface area contributed by atoms with Crippen molar-refractivity contribution in [1.29, 1.82) is 0 Å². The summed E-state index contributed by atoms with van der Waals surface area (Å²) in [6.07, 6.45) is 1.22. The zero-order chi connectivity index (χ0) is 13.1. The monoisotopic (exact) mass is 286 g/mol. The Morgan fingerprint density at radius 1 is 1.39 bits per heavy atom. The van der Waals surface area contributed by atoms with Crippen LogP contribution < -0.4 is 5.32 Å². The van der Waals surface area contributed by atoms with Crippen molar-refractivity contribution < 1.29 is 0 Å². The van der Waals surface area contributed by atoms with Gasteiger partial charge >= 0.3 is 0 Å². The molecule has 0 bridgehead atoms. The fourth-order valence-electron chi connectivity index (χ4n) is 2.80. The third-order valence-electron chi connectivity index (χ3n) is 3.71. The molecule has 0 aromatic heterocycles. The molecule has 0 saturated carbocycles. The molecular formula is C14H20Cl2N2. The number of halogens is 2. The Morgan fingerprint density at radius 3 is 2.83 bits per heavy atom. The molecule has 2 nitrogen and oxygen atoms in total. The van der Waals surface area contributed by atoms with E-state index in [1.165, 1.54) is 12.0 Å². The maximum atomic E-state index is 6.34. The third kappa shape index (κ3) is 3.00. The molecule has 18 heavy (non-hydrogen) atoms. The second-order valence-corrected chi connectivity index (χ2v) is 5.79. The lowest BCUT2D eigenvalue weighted by molar-refractivity contribution is 0.273. The smallest absolute Gasteiger partial charge is 0.0468 e. The van der Waals surface area contributed by atoms with Gasteiger partial charge in [-0.05, 0) is 56.7 Å². The fraction of sp³-hybridized carbons (Fsp3) is 0.571. The van der Waals surface area contributed by atoms with Gasteiger partial charge in [0.2, 0.25) is 0 Å². The van der Waals surface area contributed by atoms with E-state index >= 15 is 0 Å². The van der Waals surface area contributed by atoms with E-state index in [4.69, 9.17) is 23.2 Å². The molecule has 4 heteroatoms. The number of rotatable bonds is 4. The molecule has 2 rings (SSSR count). The summed E-state index contributed by atoms with van der Waals surface area (Å²) in [6, 6.07) is 6.23. The van der Waals surface area contributed by atoms with Crippen LogP contribution >= 0.6 is 23.2 Å². The van der Waals surface area contributed by atoms with Crippen LogP contribution in [-0.4, -0.2) is 31.6 Å². The minimum atomic E-state index is 0.397. The maximum Gasteiger partial charge on any atom is 0.0468 e. The van der Waals surface area contributed by atoms with Gasteiger partial charge in [-0.1, -0.05) is 36.2 Å². The lowest BCUT2D eigenvalue weighted by Gasteiger charge is -2.26. The van der Waals surface area contributed by atoms with Gasteiger partial charge in [-0.2, -0.15) is 0 Å². The molecule has 0 aliphatic carbocycles. The van der Waals surface area contributed by atoms with Gasteiger partial charge in [0, 0.05) is 16.1 Å². The number of benzene rings is 1. The van der Waals surface area contributed by atoms with Crippen molar-refractivity contribution >= 4 is 23.2 Å². The van der Waals surface area contributed by atoms with Crippen LogP contribution in [0.15, 0.2) is 18.2 Å². The van der Waals surface area contributed by atoms with E-state index in [-0.39, 0.29) is 0 Å². The van der Waals surface area contributed by atoms with Gasteiger partial charge in [0.25, 0.3) is 0 Å². The largest absolute Gasteiger partial charge is 0.317 e. The predicted molar refractivity (Wildman–Crippen MR) is 78.5 cm³/mol. The highest BCUT2D eigenvalue weighted by molar-refractivity contribution is 6.35. The second kappa shape index (κ2) is 6.25. The molecule has 0 radical (unpaired) electrons. The van der Waals surface area contributed by atoms with Gasteiger partial charge in [-0.3, -0.25) is 4.90 Å². The van der Waals surface area contributed by atoms with E-state index in [1.54, 1.807) is 0 Å². The Bertz CT molecular complexity index is 409. The number of nitrogens with one attached hydrogen (secondary N) is 1. The van der Waals surface area contributed by atoms with Crippen molar-refractivity contribution in [2.75, 3.05) is 26.7 Å². The zero-order valence-electron chi connectivity index (χ0n) is 10.9. The second-order valence-electron chi connectivity index (χ2n) is 4.95. The van der Waals surface area contributed by atoms with E-state index < -0.39 is 0 Å². The summed E-state index contributed by atoms with van der Waals surface area (Å²) in [5.74, 6) is 0.619. The van der Waals surface area contributed by atoms with Crippen LogP contribution in [-0.2, 0) is 0 Å². The SMILES string of the molecule is CCNCC1CCN(C)C1c1ccc(Cl)cc1Cl. The van der Waals surface area contributed by atoms with Crippen molar-refractivity contribution in [2.24, 2.45) is 5.92 Å². The number of nitrogens with zero attached hydrogens (tertiary/aromatic N) is 1. The molecule has 1 fully saturated rings. The lowest BCUT2D eigenvalue weighted by atomic mass is 9.93. The fourth-order valence-corrected chi connectivity index (χ4v) is 3.32. The van der Waals surface area contributed by atoms with Crippen molar-refractivity contribution in [1.82, 2.24) is 10.2 Å². The normalized spacial score (nSPS) is 24.7. The molecule has 1 aromatic carbocycles. The first-order valence-electron chi connectivity index (χ1n) is 6.49. The molecule has 2 atom stereocenters. The highest BCUT2D eigenvalue weighted by Crippen LogP contribution is 2.39. The molecular weight excluding hydrogens is 267 g/mol. The van der Waals surface area contributed by atoms with Crippen molar-refractivity contribution in [3.63, 3.8) is 0 Å². The molecule has 1 aliphatic heterocycles. The van der Waals surface area contributed by atoms with Gasteiger partial charge in [0.15, 0.2) is 0 Å². The summed E-state index contributed by atoms with van der Waals surface area (Å²) >= 11 is 12.3. The molecule has 1 N–H and O–H groups in total. The summed E-state index contributed by atoms with van der Waals surface area (Å²) in [5.41, 5.74) is 1.20. The molecule has 0 amide bonds. The van der Waals surface area contributed by atoms with E-state index in [9.17, 15) is 0 Å². The minimum absolute atomic E-state index is 0.397. The molecule has 2 unspecified atom stereocenters. The van der Waals surface area contributed by atoms with E-state index in [0.717, 1.165) is 24.7 Å². The highest BCUT2D eigenvalue weighted by Gasteiger charge is 2.33. The van der Waals surface area contributed by atoms with Crippen molar-refractivity contribution in [3.8, 4) is 0 Å². The average molecular weight is 287 g/mol. The van der Waals surface area contributed by atoms with Crippen LogP contribution in [0.2, 0.25) is 10.0 Å². The van der Waals surface area contributed by atoms with Crippen molar-refractivity contribution in [3.05, 3.63) is 33.8 Å². The zero-order valence-corrected chi connectivity index (χ0v) is 12.4. The summed E-state index contributed by atoms with van der Waals surface area (Å²) in [6.45, 7) is 5.33. The standard InChI is InChI=1S/C14H20Cl2N2/c1-3-17-9-10-6-7-18(2)14(10)12-5-4-11(15)8-13(12)16/h4-5,8,10,14,17H,3,6-7,9H2,1-2H3. The number of hydrogen-bond acceptors (Lipinski definition) is 2. The first-order valence-corrected chi connectivity index (χ1v) is 7.25. The van der Waals surface area contributed by atoms with Crippen LogP contribution in [0.25, 0.3) is 0 Å². The molecule has 1 aliphatic rings. The summed E-state index contributed by atoms with van der Waals surface area (Å²) in [5, 5.41) is 4.93. The van der Waals surface area contributed by atoms with Crippen molar-refractivity contribution in [2.45, 2.75) is 19.4 Å². The minimum Gasteiger partial charge on any atom is -0.317 e. The first-order chi connectivity index (χ1) is 8.63. The molecule has 100 valence electrons. The Kier molecular flexibility index (Phi) is 4.91. The van der Waals surface area contributed by atoms with Gasteiger partial charge < -0.3 is 5.32 Å². The van der Waals surface area contributed by atoms with Gasteiger partial charge in [0.05, 0.1) is 0 Å². The summed E-state index contributed by atoms with van der Waals surface area (Å²) < 4.78 is 0. The molecule has 1 saturated heterocycles. The van der Waals surface area contributed by atoms with Crippen LogP contribution in [0.5, 0.6) is 0 Å². The Morgan fingerprint density at radius 2 is 2.17 bits per heavy atom. The summed E-state index contributed by atoms with van der Waals surface area (Å²) in [7, 11) is 2.17. The molecule has 1 heterocycles. The molecule has 1 aromatic rings. The Hall–Kier alpha value is -0.280. The Balaban J connectivity index is 2.22. The highest BCUT2D eigenvalue weighted by atomic mass is 35.5. The number of likely N-dealkylation sites (tertiary alicyclic amines) is 1. The van der Waals surface area contributed by atoms with Crippen LogP contribution in [0.1, 0.15) is 24.9 Å². The van der Waals surface area contributed by atoms with Gasteiger partial charge in [-0.15, -0.1) is 0 Å².